The maximum absolute atomic E-state index is 11.7. The standard InChI is InChI=1S/C13H23NO4/c1-5-7-8-18-10(4)12(15)14-11(13(16)17)9(3)6-2/h5,9-11H,1,6-8H2,2-4H3,(H,14,15)(H,16,17). The number of carbonyl (C=O) groups is 2. The van der Waals surface area contributed by atoms with E-state index in [1.165, 1.54) is 0 Å². The Hall–Kier alpha value is -1.36. The summed E-state index contributed by atoms with van der Waals surface area (Å²) in [6.45, 7) is 9.24. The van der Waals surface area contributed by atoms with Crippen molar-refractivity contribution < 1.29 is 19.4 Å². The molecule has 3 atom stereocenters. The topological polar surface area (TPSA) is 75.6 Å². The van der Waals surface area contributed by atoms with Gasteiger partial charge in [0.15, 0.2) is 0 Å². The highest BCUT2D eigenvalue weighted by atomic mass is 16.5. The van der Waals surface area contributed by atoms with Crippen molar-refractivity contribution >= 4 is 11.9 Å². The summed E-state index contributed by atoms with van der Waals surface area (Å²) < 4.78 is 5.26. The summed E-state index contributed by atoms with van der Waals surface area (Å²) in [5, 5.41) is 11.6. The third kappa shape index (κ3) is 5.82. The normalized spacial score (nSPS) is 15.5. The molecule has 0 fully saturated rings. The lowest BCUT2D eigenvalue weighted by molar-refractivity contribution is -0.145. The van der Waals surface area contributed by atoms with Crippen molar-refractivity contribution in [3.05, 3.63) is 12.7 Å². The van der Waals surface area contributed by atoms with Gasteiger partial charge >= 0.3 is 5.97 Å². The first kappa shape index (κ1) is 16.6. The van der Waals surface area contributed by atoms with E-state index in [9.17, 15) is 9.59 Å². The van der Waals surface area contributed by atoms with Crippen LogP contribution in [0.2, 0.25) is 0 Å². The van der Waals surface area contributed by atoms with Gasteiger partial charge in [0.05, 0.1) is 6.61 Å². The van der Waals surface area contributed by atoms with Crippen LogP contribution in [-0.2, 0) is 14.3 Å². The predicted molar refractivity (Wildman–Crippen MR) is 69.2 cm³/mol. The highest BCUT2D eigenvalue weighted by Crippen LogP contribution is 2.08. The maximum atomic E-state index is 11.7. The Bertz CT molecular complexity index is 291. The van der Waals surface area contributed by atoms with E-state index in [4.69, 9.17) is 9.84 Å². The van der Waals surface area contributed by atoms with Gasteiger partial charge in [0.2, 0.25) is 5.91 Å². The van der Waals surface area contributed by atoms with Crippen molar-refractivity contribution in [1.29, 1.82) is 0 Å². The van der Waals surface area contributed by atoms with Crippen molar-refractivity contribution in [1.82, 2.24) is 5.32 Å². The fourth-order valence-corrected chi connectivity index (χ4v) is 1.36. The maximum Gasteiger partial charge on any atom is 0.326 e. The van der Waals surface area contributed by atoms with Crippen LogP contribution in [0.5, 0.6) is 0 Å². The lowest BCUT2D eigenvalue weighted by atomic mass is 9.99. The summed E-state index contributed by atoms with van der Waals surface area (Å²) in [5.41, 5.74) is 0. The van der Waals surface area contributed by atoms with Crippen LogP contribution in [0.4, 0.5) is 0 Å². The van der Waals surface area contributed by atoms with E-state index in [0.717, 1.165) is 0 Å². The van der Waals surface area contributed by atoms with Crippen molar-refractivity contribution in [2.75, 3.05) is 6.61 Å². The number of amides is 1. The monoisotopic (exact) mass is 257 g/mol. The zero-order valence-electron chi connectivity index (χ0n) is 11.3. The van der Waals surface area contributed by atoms with E-state index in [1.54, 1.807) is 19.9 Å². The molecule has 0 saturated carbocycles. The molecule has 0 aromatic heterocycles. The summed E-state index contributed by atoms with van der Waals surface area (Å²) in [4.78, 5) is 22.8. The molecule has 0 spiro atoms. The number of rotatable bonds is 9. The quantitative estimate of drug-likeness (QED) is 0.486. The number of hydrogen-bond acceptors (Lipinski definition) is 3. The summed E-state index contributed by atoms with van der Waals surface area (Å²) in [5.74, 6) is -1.53. The molecular weight excluding hydrogens is 234 g/mol. The molecule has 0 bridgehead atoms. The van der Waals surface area contributed by atoms with Crippen LogP contribution < -0.4 is 5.32 Å². The number of aliphatic carboxylic acids is 1. The number of hydrogen-bond donors (Lipinski definition) is 2. The Morgan fingerprint density at radius 2 is 2.06 bits per heavy atom. The SMILES string of the molecule is C=CCCOC(C)C(=O)NC(C(=O)O)C(C)CC. The second-order valence-corrected chi connectivity index (χ2v) is 4.30. The molecule has 0 aliphatic carbocycles. The fourth-order valence-electron chi connectivity index (χ4n) is 1.36. The smallest absolute Gasteiger partial charge is 0.326 e. The van der Waals surface area contributed by atoms with Gasteiger partial charge in [-0.25, -0.2) is 4.79 Å². The van der Waals surface area contributed by atoms with Crippen molar-refractivity contribution in [2.24, 2.45) is 5.92 Å². The molecule has 0 heterocycles. The summed E-state index contributed by atoms with van der Waals surface area (Å²) >= 11 is 0. The van der Waals surface area contributed by atoms with E-state index in [2.05, 4.69) is 11.9 Å². The molecular formula is C13H23NO4. The van der Waals surface area contributed by atoms with Gasteiger partial charge in [-0.3, -0.25) is 4.79 Å². The van der Waals surface area contributed by atoms with Gasteiger partial charge in [-0.15, -0.1) is 6.58 Å². The Kier molecular flexibility index (Phi) is 8.03. The second-order valence-electron chi connectivity index (χ2n) is 4.30. The molecule has 0 aliphatic heterocycles. The van der Waals surface area contributed by atoms with Crippen LogP contribution >= 0.6 is 0 Å². The van der Waals surface area contributed by atoms with Crippen LogP contribution in [0, 0.1) is 5.92 Å². The highest BCUT2D eigenvalue weighted by Gasteiger charge is 2.27. The van der Waals surface area contributed by atoms with Gasteiger partial charge in [0, 0.05) is 0 Å². The lowest BCUT2D eigenvalue weighted by Gasteiger charge is -2.22. The van der Waals surface area contributed by atoms with E-state index >= 15 is 0 Å². The number of carboxylic acids is 1. The number of nitrogens with one attached hydrogen (secondary N) is 1. The largest absolute Gasteiger partial charge is 0.480 e. The molecule has 0 radical (unpaired) electrons. The third-order valence-corrected chi connectivity index (χ3v) is 2.84. The third-order valence-electron chi connectivity index (χ3n) is 2.84. The molecule has 2 N–H and O–H groups in total. The van der Waals surface area contributed by atoms with Crippen LogP contribution in [-0.4, -0.2) is 35.7 Å². The molecule has 0 rings (SSSR count). The molecule has 0 saturated heterocycles. The van der Waals surface area contributed by atoms with Gasteiger partial charge in [0.1, 0.15) is 12.1 Å². The van der Waals surface area contributed by atoms with Crippen LogP contribution in [0.25, 0.3) is 0 Å². The van der Waals surface area contributed by atoms with Crippen LogP contribution in [0.15, 0.2) is 12.7 Å². The minimum atomic E-state index is -1.02. The number of carboxylic acid groups (broad SMARTS) is 1. The van der Waals surface area contributed by atoms with Gasteiger partial charge in [-0.1, -0.05) is 26.3 Å². The van der Waals surface area contributed by atoms with Crippen LogP contribution in [0.1, 0.15) is 33.6 Å². The van der Waals surface area contributed by atoms with Crippen molar-refractivity contribution in [3.63, 3.8) is 0 Å². The zero-order valence-corrected chi connectivity index (χ0v) is 11.3. The minimum absolute atomic E-state index is 0.119. The molecule has 18 heavy (non-hydrogen) atoms. The molecule has 5 nitrogen and oxygen atoms in total. The molecule has 0 aromatic rings. The zero-order chi connectivity index (χ0) is 14.1. The Morgan fingerprint density at radius 1 is 1.44 bits per heavy atom. The predicted octanol–water partition coefficient (Wildman–Crippen LogP) is 1.58. The average molecular weight is 257 g/mol. The Labute approximate surface area is 108 Å². The molecule has 0 aromatic carbocycles. The van der Waals surface area contributed by atoms with Crippen molar-refractivity contribution in [3.8, 4) is 0 Å². The first-order valence-corrected chi connectivity index (χ1v) is 6.19. The Morgan fingerprint density at radius 3 is 2.50 bits per heavy atom. The van der Waals surface area contributed by atoms with Gasteiger partial charge in [-0.05, 0) is 19.3 Å². The highest BCUT2D eigenvalue weighted by molar-refractivity contribution is 5.86. The first-order chi connectivity index (χ1) is 8.43. The molecule has 1 amide bonds. The number of carbonyl (C=O) groups excluding carboxylic acids is 1. The first-order valence-electron chi connectivity index (χ1n) is 6.19. The second kappa shape index (κ2) is 8.69. The fraction of sp³-hybridized carbons (Fsp3) is 0.692. The van der Waals surface area contributed by atoms with Gasteiger partial charge < -0.3 is 15.2 Å². The molecule has 3 unspecified atom stereocenters. The van der Waals surface area contributed by atoms with Gasteiger partial charge in [0.25, 0.3) is 0 Å². The number of ether oxygens (including phenoxy) is 1. The van der Waals surface area contributed by atoms with E-state index in [-0.39, 0.29) is 5.92 Å². The molecule has 104 valence electrons. The summed E-state index contributed by atoms with van der Waals surface area (Å²) in [7, 11) is 0. The average Bonchev–Trinajstić information content (AvgIpc) is 2.34. The van der Waals surface area contributed by atoms with E-state index in [0.29, 0.717) is 19.4 Å². The Balaban J connectivity index is 4.32. The van der Waals surface area contributed by atoms with Crippen molar-refractivity contribution in [2.45, 2.75) is 45.8 Å². The summed E-state index contributed by atoms with van der Waals surface area (Å²) in [6.07, 6.45) is 2.38. The molecule has 5 heteroatoms. The minimum Gasteiger partial charge on any atom is -0.480 e. The lowest BCUT2D eigenvalue weighted by Crippen LogP contribution is -2.48. The van der Waals surface area contributed by atoms with Crippen LogP contribution in [0.3, 0.4) is 0 Å². The molecule has 0 aliphatic rings. The summed E-state index contributed by atoms with van der Waals surface area (Å²) in [6, 6.07) is -0.868. The van der Waals surface area contributed by atoms with E-state index < -0.39 is 24.0 Å². The van der Waals surface area contributed by atoms with Gasteiger partial charge in [-0.2, -0.15) is 0 Å². The van der Waals surface area contributed by atoms with E-state index in [1.807, 2.05) is 6.92 Å².